The maximum atomic E-state index is 9.20. The molecule has 0 aromatic carbocycles. The standard InChI is InChI=1S/Fe.Na.H2O4S2.H2O4S/c;;1-5(2)6(3)4;1-5(2,3)4/h;;(H,1,2)(H,3,4);(H2,1,2,3,4)/q+2;+1;;/p-3. The SMILES string of the molecule is O=S(=O)([O-])[O-].O=S([O-])S(=O)O.[Fe+2].[Na+]. The first kappa shape index (κ1) is 24.0. The second kappa shape index (κ2) is 11.7. The van der Waals surface area contributed by atoms with Crippen LogP contribution in [0.2, 0.25) is 0 Å². The van der Waals surface area contributed by atoms with E-state index in [4.69, 9.17) is 30.8 Å². The molecule has 0 aromatic rings. The molecular weight excluding hydrogens is 303 g/mol. The molecule has 0 aliphatic carbocycles. The van der Waals surface area contributed by atoms with Gasteiger partial charge in [0.25, 0.3) is 0 Å². The van der Waals surface area contributed by atoms with E-state index in [2.05, 4.69) is 0 Å². The summed E-state index contributed by atoms with van der Waals surface area (Å²) in [5.41, 5.74) is 0. The van der Waals surface area contributed by atoms with Gasteiger partial charge in [-0.15, -0.1) is 0 Å². The first-order valence-corrected chi connectivity index (χ1v) is 5.55. The zero-order valence-corrected chi connectivity index (χ0v) is 11.4. The second-order valence-electron chi connectivity index (χ2n) is 0.829. The number of hydrogen-bond acceptors (Lipinski definition) is 7. The summed E-state index contributed by atoms with van der Waals surface area (Å²) < 4.78 is 69.1. The summed E-state index contributed by atoms with van der Waals surface area (Å²) in [5.74, 6) is 0. The van der Waals surface area contributed by atoms with E-state index in [1.807, 2.05) is 0 Å². The molecule has 0 saturated carbocycles. The largest absolute Gasteiger partial charge is 2.00 e. The van der Waals surface area contributed by atoms with Gasteiger partial charge in [0.1, 0.15) is 0 Å². The Bertz CT molecular complexity index is 222. The molecule has 0 rings (SSSR count). The normalized spacial score (nSPS) is 13.5. The second-order valence-corrected chi connectivity index (χ2v) is 4.16. The maximum absolute atomic E-state index is 9.20. The predicted octanol–water partition coefficient (Wildman–Crippen LogP) is -5.33. The molecule has 0 aliphatic rings. The van der Waals surface area contributed by atoms with Crippen molar-refractivity contribution in [2.75, 3.05) is 0 Å². The summed E-state index contributed by atoms with van der Waals surface area (Å²) in [6.07, 6.45) is 0. The molecule has 0 aliphatic heterocycles. The van der Waals surface area contributed by atoms with Crippen LogP contribution in [-0.2, 0) is 47.7 Å². The van der Waals surface area contributed by atoms with Crippen LogP contribution < -0.4 is 29.6 Å². The van der Waals surface area contributed by atoms with Crippen molar-refractivity contribution in [1.82, 2.24) is 0 Å². The molecule has 0 radical (unpaired) electrons. The third-order valence-electron chi connectivity index (χ3n) is 0.116. The van der Waals surface area contributed by atoms with E-state index in [0.717, 1.165) is 0 Å². The minimum atomic E-state index is -5.17. The van der Waals surface area contributed by atoms with E-state index in [9.17, 15) is 4.21 Å². The fraction of sp³-hybridized carbons (Fsp3) is 0. The molecule has 76 valence electrons. The molecule has 1 N–H and O–H groups in total. The van der Waals surface area contributed by atoms with Crippen molar-refractivity contribution in [3.8, 4) is 0 Å². The molecule has 0 saturated heterocycles. The van der Waals surface area contributed by atoms with Crippen molar-refractivity contribution in [2.24, 2.45) is 0 Å². The van der Waals surface area contributed by atoms with Gasteiger partial charge in [-0.25, -0.2) is 4.21 Å². The Kier molecular flexibility index (Phi) is 21.6. The van der Waals surface area contributed by atoms with Crippen LogP contribution in [0.25, 0.3) is 0 Å². The van der Waals surface area contributed by atoms with E-state index in [-0.39, 0.29) is 46.6 Å². The van der Waals surface area contributed by atoms with Gasteiger partial charge in [-0.1, -0.05) is 0 Å². The predicted molar refractivity (Wildman–Crippen MR) is 30.2 cm³/mol. The fourth-order valence-electron chi connectivity index (χ4n) is 0. The van der Waals surface area contributed by atoms with Gasteiger partial charge < -0.3 is 13.7 Å². The summed E-state index contributed by atoms with van der Waals surface area (Å²) >= 11 is 0. The van der Waals surface area contributed by atoms with Crippen LogP contribution in [0.4, 0.5) is 0 Å². The molecule has 0 heterocycles. The molecular formula is HFeNaO8S3. The summed E-state index contributed by atoms with van der Waals surface area (Å²) in [5, 5.41) is 0. The Morgan fingerprint density at radius 2 is 1.23 bits per heavy atom. The third-order valence-corrected chi connectivity index (χ3v) is 1.05. The smallest absolute Gasteiger partial charge is 0.760 e. The molecule has 13 heavy (non-hydrogen) atoms. The van der Waals surface area contributed by atoms with Gasteiger partial charge in [0, 0.05) is 10.4 Å². The van der Waals surface area contributed by atoms with Crippen LogP contribution in [0.15, 0.2) is 0 Å². The van der Waals surface area contributed by atoms with Gasteiger partial charge in [-0.2, -0.15) is 0 Å². The summed E-state index contributed by atoms with van der Waals surface area (Å²) in [7, 11) is -10.7. The summed E-state index contributed by atoms with van der Waals surface area (Å²) in [6, 6.07) is 0. The number of hydrogen-bond donors (Lipinski definition) is 1. The Balaban J connectivity index is -0.0000000546. The molecule has 2 unspecified atom stereocenters. The molecule has 0 bridgehead atoms. The topological polar surface area (TPSA) is 158 Å². The Labute approximate surface area is 111 Å². The van der Waals surface area contributed by atoms with Gasteiger partial charge in [-0.05, 0) is 0 Å². The van der Waals surface area contributed by atoms with Crippen molar-refractivity contribution in [1.29, 1.82) is 0 Å². The Morgan fingerprint density at radius 1 is 1.15 bits per heavy atom. The zero-order chi connectivity index (χ0) is 9.65. The van der Waals surface area contributed by atoms with Gasteiger partial charge in [0.2, 0.25) is 10.1 Å². The zero-order valence-electron chi connectivity index (χ0n) is 5.88. The van der Waals surface area contributed by atoms with E-state index < -0.39 is 30.6 Å². The van der Waals surface area contributed by atoms with Crippen LogP contribution in [0.5, 0.6) is 0 Å². The van der Waals surface area contributed by atoms with Gasteiger partial charge >= 0.3 is 46.6 Å². The molecule has 13 heteroatoms. The summed E-state index contributed by atoms with van der Waals surface area (Å²) in [4.78, 5) is 0. The van der Waals surface area contributed by atoms with Crippen LogP contribution in [-0.4, -0.2) is 35.0 Å². The molecule has 0 amide bonds. The monoisotopic (exact) mass is 304 g/mol. The Morgan fingerprint density at radius 3 is 1.23 bits per heavy atom. The minimum Gasteiger partial charge on any atom is -0.760 e. The van der Waals surface area contributed by atoms with Crippen LogP contribution in [0.3, 0.4) is 0 Å². The van der Waals surface area contributed by atoms with Crippen molar-refractivity contribution in [3.63, 3.8) is 0 Å². The first-order chi connectivity index (χ1) is 4.64. The molecule has 0 aromatic heterocycles. The van der Waals surface area contributed by atoms with Crippen LogP contribution >= 0.6 is 0 Å². The average molecular weight is 304 g/mol. The first-order valence-electron chi connectivity index (χ1n) is 1.52. The van der Waals surface area contributed by atoms with Crippen molar-refractivity contribution >= 4 is 30.6 Å². The summed E-state index contributed by atoms with van der Waals surface area (Å²) in [6.45, 7) is 0. The molecule has 2 atom stereocenters. The average Bonchev–Trinajstić information content (AvgIpc) is 1.59. The van der Waals surface area contributed by atoms with E-state index >= 15 is 0 Å². The third kappa shape index (κ3) is 58.3. The maximum Gasteiger partial charge on any atom is 2.00 e. The Hall–Kier alpha value is 1.61. The van der Waals surface area contributed by atoms with Gasteiger partial charge in [0.15, 0.2) is 0 Å². The fourth-order valence-corrected chi connectivity index (χ4v) is 0. The van der Waals surface area contributed by atoms with E-state index in [1.54, 1.807) is 0 Å². The van der Waals surface area contributed by atoms with Crippen LogP contribution in [0.1, 0.15) is 0 Å². The molecule has 0 spiro atoms. The van der Waals surface area contributed by atoms with Crippen molar-refractivity contribution in [3.05, 3.63) is 0 Å². The van der Waals surface area contributed by atoms with Crippen LogP contribution in [0, 0.1) is 0 Å². The van der Waals surface area contributed by atoms with Gasteiger partial charge in [-0.3, -0.25) is 17.2 Å². The van der Waals surface area contributed by atoms with Gasteiger partial charge in [0.05, 0.1) is 10.1 Å². The molecule has 8 nitrogen and oxygen atoms in total. The molecule has 0 fully saturated rings. The quantitative estimate of drug-likeness (QED) is 0.165. The number of rotatable bonds is 1. The van der Waals surface area contributed by atoms with E-state index in [1.165, 1.54) is 0 Å². The minimum absolute atomic E-state index is 0. The van der Waals surface area contributed by atoms with Crippen molar-refractivity contribution < 1.29 is 81.7 Å². The van der Waals surface area contributed by atoms with E-state index in [0.29, 0.717) is 0 Å². The van der Waals surface area contributed by atoms with Crippen molar-refractivity contribution in [2.45, 2.75) is 0 Å².